The second kappa shape index (κ2) is 7.64. The molecular weight excluding hydrogens is 378 g/mol. The van der Waals surface area contributed by atoms with Crippen molar-refractivity contribution in [1.82, 2.24) is 4.68 Å². The molecule has 160 valence electrons. The molecule has 2 heterocycles. The first kappa shape index (κ1) is 21.3. The number of hydrogen-bond acceptors (Lipinski definition) is 0. The van der Waals surface area contributed by atoms with Crippen LogP contribution in [0.2, 0.25) is 0 Å². The van der Waals surface area contributed by atoms with Gasteiger partial charge in [0, 0.05) is 30.7 Å². The van der Waals surface area contributed by atoms with E-state index in [4.69, 9.17) is 0 Å². The van der Waals surface area contributed by atoms with Crippen molar-refractivity contribution >= 4 is 10.9 Å². The number of aromatic nitrogens is 3. The molecule has 31 heavy (non-hydrogen) atoms. The van der Waals surface area contributed by atoms with E-state index in [9.17, 15) is 0 Å². The van der Waals surface area contributed by atoms with E-state index >= 15 is 0 Å². The Morgan fingerprint density at radius 1 is 0.903 bits per heavy atom. The second-order valence-corrected chi connectivity index (χ2v) is 9.96. The van der Waals surface area contributed by atoms with Crippen LogP contribution in [-0.4, -0.2) is 4.68 Å². The summed E-state index contributed by atoms with van der Waals surface area (Å²) in [5, 5.41) is 1.30. The average Bonchev–Trinajstić information content (AvgIpc) is 3.00. The van der Waals surface area contributed by atoms with E-state index in [1.165, 1.54) is 44.7 Å². The molecule has 3 heteroatoms. The van der Waals surface area contributed by atoms with Crippen molar-refractivity contribution in [3.63, 3.8) is 0 Å². The normalized spacial score (nSPS) is 12.2. The quantitative estimate of drug-likeness (QED) is 0.371. The van der Waals surface area contributed by atoms with Crippen molar-refractivity contribution in [3.8, 4) is 16.9 Å². The SMILES string of the molecule is Cc1c(-c2c3ccccc3n(C(C)C)[n+]2C)cc(C(C)(C)C)cc1-[n+]1ccccc1C. The maximum Gasteiger partial charge on any atom is 0.246 e. The lowest BCUT2D eigenvalue weighted by Gasteiger charge is -2.21. The summed E-state index contributed by atoms with van der Waals surface area (Å²) < 4.78 is 7.06. The number of benzene rings is 2. The van der Waals surface area contributed by atoms with Gasteiger partial charge in [0.1, 0.15) is 5.52 Å². The lowest BCUT2D eigenvalue weighted by atomic mass is 9.83. The number of hydrogen-bond donors (Lipinski definition) is 0. The number of nitrogens with zero attached hydrogens (tertiary/aromatic N) is 3. The third-order valence-corrected chi connectivity index (χ3v) is 6.37. The van der Waals surface area contributed by atoms with Crippen molar-refractivity contribution in [3.05, 3.63) is 77.6 Å². The topological polar surface area (TPSA) is 12.7 Å². The highest BCUT2D eigenvalue weighted by Gasteiger charge is 2.30. The van der Waals surface area contributed by atoms with Gasteiger partial charge in [-0.1, -0.05) is 39.0 Å². The highest BCUT2D eigenvalue weighted by molar-refractivity contribution is 5.92. The molecule has 0 saturated heterocycles. The molecule has 0 spiro atoms. The highest BCUT2D eigenvalue weighted by atomic mass is 15.4. The second-order valence-electron chi connectivity index (χ2n) is 9.96. The summed E-state index contributed by atoms with van der Waals surface area (Å²) in [5.41, 5.74) is 9.05. The molecule has 0 unspecified atom stereocenters. The van der Waals surface area contributed by atoms with Crippen LogP contribution in [0, 0.1) is 13.8 Å². The molecule has 0 aliphatic carbocycles. The third kappa shape index (κ3) is 3.56. The van der Waals surface area contributed by atoms with Crippen LogP contribution in [-0.2, 0) is 12.5 Å². The predicted molar refractivity (Wildman–Crippen MR) is 129 cm³/mol. The Labute approximate surface area is 186 Å². The molecule has 4 rings (SSSR count). The minimum absolute atomic E-state index is 0.0510. The fraction of sp³-hybridized carbons (Fsp3) is 0.357. The lowest BCUT2D eigenvalue weighted by molar-refractivity contribution is -0.743. The van der Waals surface area contributed by atoms with E-state index in [0.29, 0.717) is 6.04 Å². The van der Waals surface area contributed by atoms with Crippen LogP contribution >= 0.6 is 0 Å². The maximum atomic E-state index is 2.41. The first-order valence-corrected chi connectivity index (χ1v) is 11.2. The summed E-state index contributed by atoms with van der Waals surface area (Å²) in [4.78, 5) is 0. The van der Waals surface area contributed by atoms with Crippen molar-refractivity contribution in [2.45, 2.75) is 59.9 Å². The van der Waals surface area contributed by atoms with Crippen molar-refractivity contribution in [2.75, 3.05) is 0 Å². The van der Waals surface area contributed by atoms with Crippen molar-refractivity contribution < 1.29 is 9.25 Å². The van der Waals surface area contributed by atoms with Crippen LogP contribution in [0.4, 0.5) is 0 Å². The van der Waals surface area contributed by atoms with Gasteiger partial charge >= 0.3 is 0 Å². The van der Waals surface area contributed by atoms with Crippen LogP contribution in [0.5, 0.6) is 0 Å². The molecule has 0 radical (unpaired) electrons. The number of pyridine rings is 1. The maximum absolute atomic E-state index is 2.41. The molecule has 2 aromatic heterocycles. The van der Waals surface area contributed by atoms with Gasteiger partial charge in [-0.25, -0.2) is 0 Å². The minimum atomic E-state index is 0.0510. The minimum Gasteiger partial charge on any atom is -0.164 e. The highest BCUT2D eigenvalue weighted by Crippen LogP contribution is 2.35. The molecule has 0 aliphatic heterocycles. The molecule has 0 N–H and O–H groups in total. The van der Waals surface area contributed by atoms with Crippen molar-refractivity contribution in [1.29, 1.82) is 0 Å². The average molecular weight is 414 g/mol. The van der Waals surface area contributed by atoms with E-state index in [0.717, 1.165) is 0 Å². The third-order valence-electron chi connectivity index (χ3n) is 6.37. The molecule has 0 fully saturated rings. The van der Waals surface area contributed by atoms with Gasteiger partial charge in [0.05, 0.1) is 17.0 Å². The standard InChI is InChI=1S/C28H35N3/c1-19(2)31-25-15-10-9-14-23(25)27(29(31)8)24-17-22(28(5,6)7)18-26(21(24)4)30-16-12-11-13-20(30)3/h9-19H,1-8H3/q+2. The lowest BCUT2D eigenvalue weighted by Crippen LogP contribution is -2.42. The van der Waals surface area contributed by atoms with Gasteiger partial charge in [0.25, 0.3) is 0 Å². The van der Waals surface area contributed by atoms with Gasteiger partial charge in [-0.3, -0.25) is 0 Å². The first-order chi connectivity index (χ1) is 14.6. The van der Waals surface area contributed by atoms with Crippen molar-refractivity contribution in [2.24, 2.45) is 7.05 Å². The van der Waals surface area contributed by atoms with Gasteiger partial charge in [-0.05, 0) is 49.9 Å². The van der Waals surface area contributed by atoms with Gasteiger partial charge < -0.3 is 0 Å². The Balaban J connectivity index is 2.13. The molecule has 0 atom stereocenters. The summed E-state index contributed by atoms with van der Waals surface area (Å²) in [6, 6.07) is 20.3. The van der Waals surface area contributed by atoms with Gasteiger partial charge in [-0.2, -0.15) is 9.25 Å². The first-order valence-electron chi connectivity index (χ1n) is 11.2. The van der Waals surface area contributed by atoms with E-state index in [1.54, 1.807) is 0 Å². The Kier molecular flexibility index (Phi) is 5.25. The van der Waals surface area contributed by atoms with Crippen LogP contribution in [0.3, 0.4) is 0 Å². The van der Waals surface area contributed by atoms with Gasteiger partial charge in [-0.15, -0.1) is 4.68 Å². The summed E-state index contributed by atoms with van der Waals surface area (Å²) in [5.74, 6) is 0. The molecule has 4 aromatic rings. The predicted octanol–water partition coefficient (Wildman–Crippen LogP) is 5.90. The van der Waals surface area contributed by atoms with Gasteiger partial charge in [0.2, 0.25) is 11.4 Å². The molecule has 0 amide bonds. The summed E-state index contributed by atoms with van der Waals surface area (Å²) >= 11 is 0. The van der Waals surface area contributed by atoms with E-state index < -0.39 is 0 Å². The Morgan fingerprint density at radius 2 is 1.58 bits per heavy atom. The van der Waals surface area contributed by atoms with Crippen LogP contribution in [0.1, 0.15) is 57.5 Å². The number of fused-ring (bicyclic) bond motifs is 1. The largest absolute Gasteiger partial charge is 0.246 e. The Bertz CT molecular complexity index is 1270. The molecule has 0 bridgehead atoms. The number of aryl methyl sites for hydroxylation is 1. The zero-order valence-corrected chi connectivity index (χ0v) is 20.2. The van der Waals surface area contributed by atoms with E-state index in [-0.39, 0.29) is 5.41 Å². The summed E-state index contributed by atoms with van der Waals surface area (Å²) in [7, 11) is 2.19. The Morgan fingerprint density at radius 3 is 2.23 bits per heavy atom. The number of rotatable bonds is 3. The molecule has 2 aromatic carbocycles. The summed E-state index contributed by atoms with van der Waals surface area (Å²) in [6.07, 6.45) is 2.17. The van der Waals surface area contributed by atoms with Crippen LogP contribution < -0.4 is 9.25 Å². The van der Waals surface area contributed by atoms with Crippen LogP contribution in [0.15, 0.2) is 60.8 Å². The van der Waals surface area contributed by atoms with E-state index in [1.807, 2.05) is 0 Å². The Hall–Kier alpha value is -2.94. The smallest absolute Gasteiger partial charge is 0.164 e. The molecule has 0 aliphatic rings. The molecule has 3 nitrogen and oxygen atoms in total. The number of para-hydroxylation sites is 1. The van der Waals surface area contributed by atoms with Gasteiger partial charge in [0.15, 0.2) is 18.9 Å². The molecule has 0 saturated carbocycles. The summed E-state index contributed by atoms with van der Waals surface area (Å²) in [6.45, 7) is 15.8. The zero-order chi connectivity index (χ0) is 22.5. The van der Waals surface area contributed by atoms with E-state index in [2.05, 4.69) is 130 Å². The zero-order valence-electron chi connectivity index (χ0n) is 20.2. The fourth-order valence-corrected chi connectivity index (χ4v) is 4.69. The van der Waals surface area contributed by atoms with Crippen LogP contribution in [0.25, 0.3) is 27.8 Å². The fourth-order valence-electron chi connectivity index (χ4n) is 4.69. The monoisotopic (exact) mass is 413 g/mol. The molecular formula is C28H35N3+2.